The molecular formula is C30H38N8O4. The van der Waals surface area contributed by atoms with Gasteiger partial charge in [-0.3, -0.25) is 9.59 Å². The third-order valence-corrected chi connectivity index (χ3v) is 8.32. The molecule has 2 N–H and O–H groups in total. The summed E-state index contributed by atoms with van der Waals surface area (Å²) in [4.78, 5) is 55.5. The first-order valence-corrected chi connectivity index (χ1v) is 14.6. The van der Waals surface area contributed by atoms with Crippen molar-refractivity contribution in [1.82, 2.24) is 34.6 Å². The number of rotatable bonds is 6. The van der Waals surface area contributed by atoms with Crippen LogP contribution in [-0.4, -0.2) is 85.6 Å². The second kappa shape index (κ2) is 10.2. The molecule has 12 heteroatoms. The van der Waals surface area contributed by atoms with Gasteiger partial charge in [-0.15, -0.1) is 0 Å². The van der Waals surface area contributed by atoms with Crippen molar-refractivity contribution in [3.8, 4) is 0 Å². The Balaban J connectivity index is 1.14. The third-order valence-electron chi connectivity index (χ3n) is 8.32. The van der Waals surface area contributed by atoms with E-state index in [0.717, 1.165) is 43.1 Å². The zero-order chi connectivity index (χ0) is 29.8. The minimum absolute atomic E-state index is 0.0572. The first-order chi connectivity index (χ1) is 19.9. The molecule has 2 aliphatic carbocycles. The zero-order valence-electron chi connectivity index (χ0n) is 24.8. The van der Waals surface area contributed by atoms with Crippen molar-refractivity contribution in [2.24, 2.45) is 5.92 Å². The van der Waals surface area contributed by atoms with Crippen LogP contribution in [0.25, 0.3) is 11.0 Å². The third kappa shape index (κ3) is 5.37. The van der Waals surface area contributed by atoms with Crippen LogP contribution in [0.4, 0.5) is 16.6 Å². The summed E-state index contributed by atoms with van der Waals surface area (Å²) >= 11 is 0. The summed E-state index contributed by atoms with van der Waals surface area (Å²) < 4.78 is 7.48. The van der Waals surface area contributed by atoms with Crippen molar-refractivity contribution in [3.05, 3.63) is 41.9 Å². The fourth-order valence-electron chi connectivity index (χ4n) is 6.22. The predicted molar refractivity (Wildman–Crippen MR) is 157 cm³/mol. The molecule has 1 saturated heterocycles. The second-order valence-electron chi connectivity index (χ2n) is 12.9. The maximum atomic E-state index is 13.2. The molecule has 3 amide bonds. The van der Waals surface area contributed by atoms with Gasteiger partial charge < -0.3 is 29.7 Å². The number of nitrogens with zero attached hydrogens (tertiary/aromatic N) is 6. The molecule has 42 heavy (non-hydrogen) atoms. The van der Waals surface area contributed by atoms with E-state index in [2.05, 4.69) is 25.2 Å². The van der Waals surface area contributed by atoms with Crippen molar-refractivity contribution in [2.45, 2.75) is 70.1 Å². The Hall–Kier alpha value is -4.22. The molecule has 2 saturated carbocycles. The minimum Gasteiger partial charge on any atom is -0.444 e. The molecule has 4 heterocycles. The lowest BCUT2D eigenvalue weighted by Crippen LogP contribution is -2.45. The van der Waals surface area contributed by atoms with Crippen LogP contribution in [-0.2, 0) is 4.74 Å². The molecule has 0 spiro atoms. The number of pyridine rings is 1. The standard InChI is InChI=1S/C30H38N8O4/c1-29(2,3)42-28(41)35-30-13-20(30)16-37(17-30)25(39)18-10-11-23(31-14-18)33-27-32-15-19-12-22(26(40)36(4)5)38(24(19)34-27)21-8-6-7-9-21/h10-12,14-15,20-21H,6-9,13,16-17H2,1-5H3,(H,35,41)(H,31,32,33,34). The van der Waals surface area contributed by atoms with Gasteiger partial charge in [0.05, 0.1) is 11.1 Å². The van der Waals surface area contributed by atoms with Crippen molar-refractivity contribution in [2.75, 3.05) is 32.5 Å². The van der Waals surface area contributed by atoms with Crippen LogP contribution in [0.3, 0.4) is 0 Å². The van der Waals surface area contributed by atoms with E-state index in [9.17, 15) is 14.4 Å². The number of hydrogen-bond acceptors (Lipinski definition) is 8. The summed E-state index contributed by atoms with van der Waals surface area (Å²) in [6, 6.07) is 5.54. The fraction of sp³-hybridized carbons (Fsp3) is 0.533. The zero-order valence-corrected chi connectivity index (χ0v) is 24.8. The maximum Gasteiger partial charge on any atom is 0.408 e. The number of nitrogens with one attached hydrogen (secondary N) is 2. The van der Waals surface area contributed by atoms with Gasteiger partial charge in [-0.2, -0.15) is 4.98 Å². The second-order valence-corrected chi connectivity index (χ2v) is 12.9. The van der Waals surface area contributed by atoms with E-state index in [1.807, 2.05) is 26.8 Å². The van der Waals surface area contributed by atoms with Gasteiger partial charge >= 0.3 is 6.09 Å². The number of fused-ring (bicyclic) bond motifs is 2. The van der Waals surface area contributed by atoms with Crippen LogP contribution in [0, 0.1) is 5.92 Å². The predicted octanol–water partition coefficient (Wildman–Crippen LogP) is 4.13. The van der Waals surface area contributed by atoms with Crippen LogP contribution in [0.2, 0.25) is 0 Å². The van der Waals surface area contributed by atoms with Crippen LogP contribution < -0.4 is 10.6 Å². The van der Waals surface area contributed by atoms with Crippen molar-refractivity contribution < 1.29 is 19.1 Å². The van der Waals surface area contributed by atoms with Gasteiger partial charge in [-0.1, -0.05) is 12.8 Å². The van der Waals surface area contributed by atoms with E-state index in [0.29, 0.717) is 36.1 Å². The Kier molecular flexibility index (Phi) is 6.81. The minimum atomic E-state index is -0.578. The lowest BCUT2D eigenvalue weighted by atomic mass is 10.2. The largest absolute Gasteiger partial charge is 0.444 e. The molecular weight excluding hydrogens is 536 g/mol. The maximum absolute atomic E-state index is 13.2. The van der Waals surface area contributed by atoms with Gasteiger partial charge in [-0.25, -0.2) is 14.8 Å². The number of likely N-dealkylation sites (tertiary alicyclic amines) is 1. The van der Waals surface area contributed by atoms with Crippen LogP contribution in [0.1, 0.15) is 79.8 Å². The smallest absolute Gasteiger partial charge is 0.408 e. The number of amides is 3. The quantitative estimate of drug-likeness (QED) is 0.449. The van der Waals surface area contributed by atoms with Crippen LogP contribution in [0.5, 0.6) is 0 Å². The van der Waals surface area contributed by atoms with Gasteiger partial charge in [0.1, 0.15) is 22.8 Å². The molecule has 222 valence electrons. The highest BCUT2D eigenvalue weighted by atomic mass is 16.6. The lowest BCUT2D eigenvalue weighted by molar-refractivity contribution is 0.0485. The number of ether oxygens (including phenoxy) is 1. The Morgan fingerprint density at radius 2 is 1.86 bits per heavy atom. The summed E-state index contributed by atoms with van der Waals surface area (Å²) in [7, 11) is 3.51. The molecule has 0 aromatic carbocycles. The molecule has 3 aliphatic rings. The van der Waals surface area contributed by atoms with E-state index in [4.69, 9.17) is 9.72 Å². The molecule has 2 atom stereocenters. The number of alkyl carbamates (subject to hydrolysis) is 1. The topological polar surface area (TPSA) is 135 Å². The number of anilines is 2. The van der Waals surface area contributed by atoms with E-state index in [1.165, 1.54) is 6.20 Å². The van der Waals surface area contributed by atoms with E-state index in [-0.39, 0.29) is 23.8 Å². The Labute approximate surface area is 244 Å². The number of carbonyl (C=O) groups excluding carboxylic acids is 3. The summed E-state index contributed by atoms with van der Waals surface area (Å²) in [5.74, 6) is 0.911. The van der Waals surface area contributed by atoms with Gasteiger partial charge in [0, 0.05) is 56.9 Å². The first-order valence-electron chi connectivity index (χ1n) is 14.6. The molecule has 6 rings (SSSR count). The molecule has 0 radical (unpaired) electrons. The Bertz CT molecular complexity index is 1540. The normalized spacial score (nSPS) is 21.7. The van der Waals surface area contributed by atoms with Gasteiger partial charge in [-0.05, 0) is 58.2 Å². The highest BCUT2D eigenvalue weighted by Gasteiger charge is 2.62. The number of hydrogen-bond donors (Lipinski definition) is 2. The average Bonchev–Trinajstić information content (AvgIpc) is 3.34. The number of aromatic nitrogens is 4. The fourth-order valence-corrected chi connectivity index (χ4v) is 6.22. The monoisotopic (exact) mass is 574 g/mol. The molecule has 2 unspecified atom stereocenters. The van der Waals surface area contributed by atoms with Gasteiger partial charge in [0.15, 0.2) is 0 Å². The van der Waals surface area contributed by atoms with E-state index in [1.54, 1.807) is 42.2 Å². The first kappa shape index (κ1) is 27.9. The molecule has 12 nitrogen and oxygen atoms in total. The molecule has 1 aliphatic heterocycles. The molecule has 0 bridgehead atoms. The molecule has 3 aromatic heterocycles. The summed E-state index contributed by atoms with van der Waals surface area (Å²) in [5, 5.41) is 6.95. The highest BCUT2D eigenvalue weighted by Crippen LogP contribution is 2.50. The van der Waals surface area contributed by atoms with Crippen molar-refractivity contribution in [1.29, 1.82) is 0 Å². The molecule has 3 aromatic rings. The number of piperidine rings is 1. The summed E-state index contributed by atoms with van der Waals surface area (Å²) in [6.07, 6.45) is 7.93. The Morgan fingerprint density at radius 3 is 2.52 bits per heavy atom. The summed E-state index contributed by atoms with van der Waals surface area (Å²) in [6.45, 7) is 6.51. The average molecular weight is 575 g/mol. The lowest BCUT2D eigenvalue weighted by Gasteiger charge is -2.24. The van der Waals surface area contributed by atoms with Gasteiger partial charge in [0.2, 0.25) is 5.95 Å². The van der Waals surface area contributed by atoms with E-state index >= 15 is 0 Å². The van der Waals surface area contributed by atoms with Crippen molar-refractivity contribution in [3.63, 3.8) is 0 Å². The van der Waals surface area contributed by atoms with Crippen LogP contribution >= 0.6 is 0 Å². The Morgan fingerprint density at radius 1 is 1.10 bits per heavy atom. The number of carbonyl (C=O) groups is 3. The van der Waals surface area contributed by atoms with Crippen LogP contribution in [0.15, 0.2) is 30.6 Å². The summed E-state index contributed by atoms with van der Waals surface area (Å²) in [5.41, 5.74) is 0.824. The van der Waals surface area contributed by atoms with E-state index < -0.39 is 17.2 Å². The molecule has 3 fully saturated rings. The van der Waals surface area contributed by atoms with Gasteiger partial charge in [0.25, 0.3) is 11.8 Å². The highest BCUT2D eigenvalue weighted by molar-refractivity contribution is 5.98. The van der Waals surface area contributed by atoms with Crippen molar-refractivity contribution >= 4 is 40.7 Å². The SMILES string of the molecule is CN(C)C(=O)c1cc2cnc(Nc3ccc(C(=O)N4CC5CC5(NC(=O)OC(C)(C)C)C4)cn3)nc2n1C1CCCC1.